The number of anilines is 1. The largest absolute Gasteiger partial charge is 0.493 e. The molecule has 166 valence electrons. The second-order valence-corrected chi connectivity index (χ2v) is 9.41. The number of nitrogens with zero attached hydrogens (tertiary/aromatic N) is 1. The number of sulfone groups is 1. The van der Waals surface area contributed by atoms with Crippen LogP contribution in [0.25, 0.3) is 6.08 Å². The molecule has 8 heteroatoms. The van der Waals surface area contributed by atoms with Crippen LogP contribution in [0.5, 0.6) is 5.75 Å². The highest BCUT2D eigenvalue weighted by atomic mass is 32.2. The Morgan fingerprint density at radius 3 is 2.53 bits per heavy atom. The monoisotopic (exact) mass is 454 g/mol. The maximum Gasteiger partial charge on any atom is 0.248 e. The molecule has 3 aromatic rings. The number of carbonyl (C=O) groups excluding carboxylic acids is 1. The minimum atomic E-state index is -3.97. The summed E-state index contributed by atoms with van der Waals surface area (Å²) in [7, 11) is -3.97. The van der Waals surface area contributed by atoms with Gasteiger partial charge in [0.05, 0.1) is 16.4 Å². The van der Waals surface area contributed by atoms with Gasteiger partial charge in [0.25, 0.3) is 0 Å². The number of pyridine rings is 1. The number of benzene rings is 2. The lowest BCUT2D eigenvalue weighted by Gasteiger charge is -2.11. The van der Waals surface area contributed by atoms with Gasteiger partial charge in [0.15, 0.2) is 0 Å². The molecule has 0 aliphatic rings. The summed E-state index contributed by atoms with van der Waals surface area (Å²) in [6, 6.07) is 12.6. The molecule has 0 radical (unpaired) electrons. The van der Waals surface area contributed by atoms with Crippen LogP contribution in [0.15, 0.2) is 82.9 Å². The van der Waals surface area contributed by atoms with Crippen molar-refractivity contribution in [2.45, 2.75) is 23.6 Å². The van der Waals surface area contributed by atoms with E-state index in [9.17, 15) is 17.6 Å². The Hall–Kier alpha value is -3.52. The van der Waals surface area contributed by atoms with E-state index in [-0.39, 0.29) is 27.4 Å². The molecular formula is C24H23FN2O4S. The molecule has 0 spiro atoms. The first kappa shape index (κ1) is 23.1. The zero-order valence-corrected chi connectivity index (χ0v) is 18.5. The molecule has 0 bridgehead atoms. The number of halogens is 1. The molecule has 2 aromatic carbocycles. The van der Waals surface area contributed by atoms with Crippen molar-refractivity contribution in [1.82, 2.24) is 4.98 Å². The number of hydrogen-bond acceptors (Lipinski definition) is 5. The van der Waals surface area contributed by atoms with Crippen LogP contribution in [-0.2, 0) is 14.6 Å². The molecule has 3 rings (SSSR count). The van der Waals surface area contributed by atoms with E-state index < -0.39 is 15.7 Å². The van der Waals surface area contributed by atoms with Gasteiger partial charge >= 0.3 is 0 Å². The van der Waals surface area contributed by atoms with E-state index in [1.165, 1.54) is 36.4 Å². The van der Waals surface area contributed by atoms with Crippen molar-refractivity contribution >= 4 is 27.5 Å². The van der Waals surface area contributed by atoms with Gasteiger partial charge in [0.1, 0.15) is 11.6 Å². The van der Waals surface area contributed by atoms with Crippen molar-refractivity contribution in [3.8, 4) is 5.75 Å². The molecule has 6 nitrogen and oxygen atoms in total. The van der Waals surface area contributed by atoms with E-state index in [4.69, 9.17) is 4.74 Å². The Kier molecular flexibility index (Phi) is 7.37. The standard InChI is InChI=1S/C24H23FN2O4S/c1-17(2)16-31-21-12-19(25)13-23(14-21)32(29,30)22-8-6-20(7-9-22)27-24(28)10-5-18-4-3-11-26-15-18/h3-15,17H,16H2,1-2H3,(H,27,28). The molecule has 1 amide bonds. The van der Waals surface area contributed by atoms with Crippen molar-refractivity contribution < 1.29 is 22.3 Å². The van der Waals surface area contributed by atoms with Gasteiger partial charge < -0.3 is 10.1 Å². The molecule has 0 aliphatic carbocycles. The Balaban J connectivity index is 1.73. The second-order valence-electron chi connectivity index (χ2n) is 7.46. The fourth-order valence-corrected chi connectivity index (χ4v) is 4.03. The van der Waals surface area contributed by atoms with Crippen LogP contribution in [0.1, 0.15) is 19.4 Å². The molecule has 0 saturated heterocycles. The highest BCUT2D eigenvalue weighted by Crippen LogP contribution is 2.27. The van der Waals surface area contributed by atoms with Gasteiger partial charge in [-0.1, -0.05) is 19.9 Å². The van der Waals surface area contributed by atoms with Gasteiger partial charge in [-0.05, 0) is 60.0 Å². The van der Waals surface area contributed by atoms with Crippen LogP contribution in [-0.4, -0.2) is 25.9 Å². The predicted molar refractivity (Wildman–Crippen MR) is 121 cm³/mol. The van der Waals surface area contributed by atoms with E-state index >= 15 is 0 Å². The van der Waals surface area contributed by atoms with Gasteiger partial charge in [0, 0.05) is 30.2 Å². The molecular weight excluding hydrogens is 431 g/mol. The molecule has 32 heavy (non-hydrogen) atoms. The predicted octanol–water partition coefficient (Wildman–Crippen LogP) is 4.74. The summed E-state index contributed by atoms with van der Waals surface area (Å²) in [5, 5.41) is 2.66. The fourth-order valence-electron chi connectivity index (χ4n) is 2.72. The third-order valence-corrected chi connectivity index (χ3v) is 6.03. The van der Waals surface area contributed by atoms with Gasteiger partial charge in [-0.2, -0.15) is 0 Å². The molecule has 0 fully saturated rings. The van der Waals surface area contributed by atoms with Gasteiger partial charge in [-0.25, -0.2) is 12.8 Å². The molecule has 1 aromatic heterocycles. The average Bonchev–Trinajstić information content (AvgIpc) is 2.77. The number of rotatable bonds is 8. The van der Waals surface area contributed by atoms with Crippen LogP contribution in [0.3, 0.4) is 0 Å². The SMILES string of the molecule is CC(C)COc1cc(F)cc(S(=O)(=O)c2ccc(NC(=O)C=Cc3cccnc3)cc2)c1. The number of hydrogen-bond donors (Lipinski definition) is 1. The van der Waals surface area contributed by atoms with Crippen LogP contribution >= 0.6 is 0 Å². The van der Waals surface area contributed by atoms with Crippen LogP contribution < -0.4 is 10.1 Å². The molecule has 1 heterocycles. The molecule has 0 unspecified atom stereocenters. The Morgan fingerprint density at radius 1 is 1.12 bits per heavy atom. The van der Waals surface area contributed by atoms with Crippen LogP contribution in [0, 0.1) is 11.7 Å². The number of ether oxygens (including phenoxy) is 1. The van der Waals surface area contributed by atoms with E-state index in [2.05, 4.69) is 10.3 Å². The first-order chi connectivity index (χ1) is 15.2. The fraction of sp³-hybridized carbons (Fsp3) is 0.167. The van der Waals surface area contributed by atoms with Crippen molar-refractivity contribution in [2.24, 2.45) is 5.92 Å². The van der Waals surface area contributed by atoms with E-state index in [0.717, 1.165) is 17.7 Å². The Morgan fingerprint density at radius 2 is 1.88 bits per heavy atom. The highest BCUT2D eigenvalue weighted by molar-refractivity contribution is 7.91. The normalized spacial score (nSPS) is 11.6. The maximum atomic E-state index is 14.0. The van der Waals surface area contributed by atoms with Gasteiger partial charge in [0.2, 0.25) is 15.7 Å². The lowest BCUT2D eigenvalue weighted by Crippen LogP contribution is -2.09. The number of aromatic nitrogens is 1. The summed E-state index contributed by atoms with van der Waals surface area (Å²) in [4.78, 5) is 15.8. The summed E-state index contributed by atoms with van der Waals surface area (Å²) in [6.07, 6.45) is 6.22. The summed E-state index contributed by atoms with van der Waals surface area (Å²) >= 11 is 0. The number of amides is 1. The third-order valence-electron chi connectivity index (χ3n) is 4.28. The van der Waals surface area contributed by atoms with Crippen molar-refractivity contribution in [1.29, 1.82) is 0 Å². The third kappa shape index (κ3) is 6.24. The lowest BCUT2D eigenvalue weighted by molar-refractivity contribution is -0.111. The smallest absolute Gasteiger partial charge is 0.248 e. The zero-order chi connectivity index (χ0) is 23.1. The molecule has 0 atom stereocenters. The summed E-state index contributed by atoms with van der Waals surface area (Å²) in [5.74, 6) is -0.711. The van der Waals surface area contributed by atoms with E-state index in [1.807, 2.05) is 19.9 Å². The van der Waals surface area contributed by atoms with Crippen LogP contribution in [0.2, 0.25) is 0 Å². The highest BCUT2D eigenvalue weighted by Gasteiger charge is 2.20. The van der Waals surface area contributed by atoms with Crippen molar-refractivity contribution in [3.05, 3.63) is 84.4 Å². The van der Waals surface area contributed by atoms with Crippen molar-refractivity contribution in [3.63, 3.8) is 0 Å². The Labute approximate surface area is 186 Å². The summed E-state index contributed by atoms with van der Waals surface area (Å²) in [5.41, 5.74) is 1.20. The minimum Gasteiger partial charge on any atom is -0.493 e. The Bertz CT molecular complexity index is 1210. The first-order valence-electron chi connectivity index (χ1n) is 9.91. The van der Waals surface area contributed by atoms with Gasteiger partial charge in [-0.15, -0.1) is 0 Å². The molecule has 1 N–H and O–H groups in total. The number of nitrogens with one attached hydrogen (secondary N) is 1. The maximum absolute atomic E-state index is 14.0. The first-order valence-corrected chi connectivity index (χ1v) is 11.4. The minimum absolute atomic E-state index is 0.0261. The van der Waals surface area contributed by atoms with Gasteiger partial charge in [-0.3, -0.25) is 9.78 Å². The lowest BCUT2D eigenvalue weighted by atomic mass is 10.2. The number of carbonyl (C=O) groups is 1. The van der Waals surface area contributed by atoms with Crippen LogP contribution in [0.4, 0.5) is 10.1 Å². The summed E-state index contributed by atoms with van der Waals surface area (Å²) < 4.78 is 45.4. The quantitative estimate of drug-likeness (QED) is 0.497. The topological polar surface area (TPSA) is 85.4 Å². The van der Waals surface area contributed by atoms with Crippen molar-refractivity contribution in [2.75, 3.05) is 11.9 Å². The van der Waals surface area contributed by atoms with E-state index in [1.54, 1.807) is 24.5 Å². The molecule has 0 aliphatic heterocycles. The average molecular weight is 455 g/mol. The second kappa shape index (κ2) is 10.2. The molecule has 0 saturated carbocycles. The summed E-state index contributed by atoms with van der Waals surface area (Å²) in [6.45, 7) is 4.21. The zero-order valence-electron chi connectivity index (χ0n) is 17.7. The van der Waals surface area contributed by atoms with E-state index in [0.29, 0.717) is 12.3 Å².